The zero-order valence-electron chi connectivity index (χ0n) is 28.6. The van der Waals surface area contributed by atoms with Gasteiger partial charge in [-0.05, 0) is 60.7 Å². The minimum absolute atomic E-state index is 0.861. The molecule has 0 aliphatic carbocycles. The van der Waals surface area contributed by atoms with Crippen LogP contribution in [0.2, 0.25) is 0 Å². The Labute approximate surface area is 305 Å². The van der Waals surface area contributed by atoms with E-state index in [0.29, 0.717) is 0 Å². The highest BCUT2D eigenvalue weighted by Crippen LogP contribution is 2.42. The number of hydrogen-bond acceptors (Lipinski definition) is 2. The first-order valence-electron chi connectivity index (χ1n) is 17.9. The highest BCUT2D eigenvalue weighted by atomic mass is 15.1. The second kappa shape index (κ2) is 11.7. The van der Waals surface area contributed by atoms with Gasteiger partial charge in [0.1, 0.15) is 11.6 Å². The summed E-state index contributed by atoms with van der Waals surface area (Å²) < 4.78 is 7.07. The molecule has 5 heterocycles. The molecule has 5 nitrogen and oxygen atoms in total. The van der Waals surface area contributed by atoms with Crippen LogP contribution in [0, 0.1) is 0 Å². The first-order chi connectivity index (χ1) is 26.3. The van der Waals surface area contributed by atoms with Crippen molar-refractivity contribution in [2.45, 2.75) is 0 Å². The number of nitrogens with zero attached hydrogens (tertiary/aromatic N) is 5. The summed E-state index contributed by atoms with van der Waals surface area (Å²) in [7, 11) is 0. The van der Waals surface area contributed by atoms with Gasteiger partial charge in [-0.1, -0.05) is 127 Å². The minimum Gasteiger partial charge on any atom is -0.309 e. The Morgan fingerprint density at radius 3 is 1.28 bits per heavy atom. The van der Waals surface area contributed by atoms with E-state index < -0.39 is 0 Å². The van der Waals surface area contributed by atoms with E-state index in [0.717, 1.165) is 72.7 Å². The Hall–Kier alpha value is -7.24. The molecule has 0 radical (unpaired) electrons. The lowest BCUT2D eigenvalue weighted by Gasteiger charge is -2.12. The van der Waals surface area contributed by atoms with E-state index in [9.17, 15) is 0 Å². The zero-order valence-corrected chi connectivity index (χ0v) is 28.6. The lowest BCUT2D eigenvalue weighted by Crippen LogP contribution is -2.00. The smallest absolute Gasteiger partial charge is 0.138 e. The van der Waals surface area contributed by atoms with Crippen molar-refractivity contribution in [2.24, 2.45) is 0 Å². The molecule has 0 fully saturated rings. The number of para-hydroxylation sites is 3. The Balaban J connectivity index is 1.26. The summed E-state index contributed by atoms with van der Waals surface area (Å²) in [5, 5.41) is 4.74. The van der Waals surface area contributed by atoms with Crippen molar-refractivity contribution < 1.29 is 0 Å². The normalized spacial score (nSPS) is 11.8. The lowest BCUT2D eigenvalue weighted by molar-refractivity contribution is 1.08. The first-order valence-corrected chi connectivity index (χ1v) is 17.9. The fourth-order valence-electron chi connectivity index (χ4n) is 8.17. The van der Waals surface area contributed by atoms with Crippen LogP contribution in [0.5, 0.6) is 0 Å². The van der Waals surface area contributed by atoms with E-state index in [1.165, 1.54) is 21.8 Å². The average molecular weight is 678 g/mol. The van der Waals surface area contributed by atoms with Crippen molar-refractivity contribution in [3.05, 3.63) is 188 Å². The molecule has 6 aromatic carbocycles. The third-order valence-electron chi connectivity index (χ3n) is 10.5. The highest BCUT2D eigenvalue weighted by molar-refractivity contribution is 6.20. The maximum Gasteiger partial charge on any atom is 0.138 e. The summed E-state index contributed by atoms with van der Waals surface area (Å²) in [6.45, 7) is 0. The SMILES string of the molecule is c1ccc(-c2cccc(-n3c4ccccc4c4c3c3ccc(-n5c6ccccc6c6ccccc65)cc3n4-c3cccc(-c4ccccc4)n3)n2)cc1. The van der Waals surface area contributed by atoms with Crippen molar-refractivity contribution in [3.63, 3.8) is 0 Å². The Morgan fingerprint density at radius 2 is 0.736 bits per heavy atom. The van der Waals surface area contributed by atoms with Gasteiger partial charge in [-0.15, -0.1) is 0 Å². The van der Waals surface area contributed by atoms with Gasteiger partial charge in [-0.25, -0.2) is 9.97 Å². The molecular weight excluding hydrogens is 647 g/mol. The topological polar surface area (TPSA) is 40.6 Å². The number of rotatable bonds is 5. The van der Waals surface area contributed by atoms with Crippen LogP contribution in [0.25, 0.3) is 94.5 Å². The fourth-order valence-corrected chi connectivity index (χ4v) is 8.17. The average Bonchev–Trinajstić information content (AvgIpc) is 3.87. The van der Waals surface area contributed by atoms with Crippen LogP contribution in [-0.2, 0) is 0 Å². The third kappa shape index (κ3) is 4.51. The van der Waals surface area contributed by atoms with Gasteiger partial charge in [0.25, 0.3) is 0 Å². The molecule has 0 N–H and O–H groups in total. The maximum absolute atomic E-state index is 5.35. The fraction of sp³-hybridized carbons (Fsp3) is 0. The van der Waals surface area contributed by atoms with E-state index in [1.54, 1.807) is 0 Å². The molecule has 248 valence electrons. The van der Waals surface area contributed by atoms with Crippen molar-refractivity contribution in [1.82, 2.24) is 23.7 Å². The molecule has 0 aliphatic heterocycles. The number of fused-ring (bicyclic) bond motifs is 8. The molecule has 0 spiro atoms. The quantitative estimate of drug-likeness (QED) is 0.182. The summed E-state index contributed by atoms with van der Waals surface area (Å²) in [6, 6.07) is 66.3. The number of aromatic nitrogens is 5. The van der Waals surface area contributed by atoms with Crippen LogP contribution < -0.4 is 0 Å². The number of benzene rings is 6. The lowest BCUT2D eigenvalue weighted by atomic mass is 10.1. The molecule has 5 aromatic heterocycles. The molecule has 0 aliphatic rings. The molecule has 0 saturated carbocycles. The van der Waals surface area contributed by atoms with Crippen LogP contribution in [0.1, 0.15) is 0 Å². The van der Waals surface area contributed by atoms with E-state index in [-0.39, 0.29) is 0 Å². The van der Waals surface area contributed by atoms with Gasteiger partial charge in [0, 0.05) is 38.4 Å². The highest BCUT2D eigenvalue weighted by Gasteiger charge is 2.24. The van der Waals surface area contributed by atoms with Gasteiger partial charge in [0.15, 0.2) is 0 Å². The van der Waals surface area contributed by atoms with Gasteiger partial charge < -0.3 is 4.57 Å². The largest absolute Gasteiger partial charge is 0.309 e. The monoisotopic (exact) mass is 677 g/mol. The Morgan fingerprint density at radius 1 is 0.302 bits per heavy atom. The van der Waals surface area contributed by atoms with Gasteiger partial charge in [-0.2, -0.15) is 0 Å². The number of pyridine rings is 2. The first kappa shape index (κ1) is 29.5. The van der Waals surface area contributed by atoms with Crippen LogP contribution >= 0.6 is 0 Å². The zero-order chi connectivity index (χ0) is 34.9. The van der Waals surface area contributed by atoms with Crippen LogP contribution in [0.15, 0.2) is 188 Å². The molecular formula is C48H31N5. The van der Waals surface area contributed by atoms with Gasteiger partial charge >= 0.3 is 0 Å². The number of hydrogen-bond donors (Lipinski definition) is 0. The molecule has 11 rings (SSSR count). The van der Waals surface area contributed by atoms with Crippen molar-refractivity contribution >= 4 is 54.6 Å². The summed E-state index contributed by atoms with van der Waals surface area (Å²) in [4.78, 5) is 10.6. The minimum atomic E-state index is 0.861. The molecule has 11 aromatic rings. The molecule has 53 heavy (non-hydrogen) atoms. The second-order valence-corrected chi connectivity index (χ2v) is 13.5. The predicted molar refractivity (Wildman–Crippen MR) is 218 cm³/mol. The molecule has 0 saturated heterocycles. The summed E-state index contributed by atoms with van der Waals surface area (Å²) in [5.74, 6) is 1.73. The van der Waals surface area contributed by atoms with Crippen LogP contribution in [0.4, 0.5) is 0 Å². The summed E-state index contributed by atoms with van der Waals surface area (Å²) >= 11 is 0. The van der Waals surface area contributed by atoms with E-state index in [2.05, 4.69) is 190 Å². The molecule has 0 atom stereocenters. The van der Waals surface area contributed by atoms with E-state index >= 15 is 0 Å². The van der Waals surface area contributed by atoms with Gasteiger partial charge in [0.2, 0.25) is 0 Å². The standard InChI is InChI=1S/C48H31N5/c1-3-15-32(16-4-1)39-22-13-27-45(49-39)52-43-26-12-9-21-37(43)47-48(52)38-30-29-34(51-41-24-10-7-19-35(41)36-20-8-11-25-42(36)51)31-44(38)53(47)46-28-14-23-40(50-46)33-17-5-2-6-18-33/h1-31H. The Bertz CT molecular complexity index is 3110. The van der Waals surface area contributed by atoms with Crippen LogP contribution in [-0.4, -0.2) is 23.7 Å². The van der Waals surface area contributed by atoms with E-state index in [4.69, 9.17) is 9.97 Å². The van der Waals surface area contributed by atoms with Crippen molar-refractivity contribution in [2.75, 3.05) is 0 Å². The second-order valence-electron chi connectivity index (χ2n) is 13.5. The molecule has 0 unspecified atom stereocenters. The summed E-state index contributed by atoms with van der Waals surface area (Å²) in [5.41, 5.74) is 11.8. The van der Waals surface area contributed by atoms with E-state index in [1.807, 2.05) is 12.1 Å². The molecule has 5 heteroatoms. The third-order valence-corrected chi connectivity index (χ3v) is 10.5. The molecule has 0 bridgehead atoms. The van der Waals surface area contributed by atoms with Crippen molar-refractivity contribution in [1.29, 1.82) is 0 Å². The van der Waals surface area contributed by atoms with Crippen molar-refractivity contribution in [3.8, 4) is 39.8 Å². The predicted octanol–water partition coefficient (Wildman–Crippen LogP) is 11.9. The van der Waals surface area contributed by atoms with Gasteiger partial charge in [-0.3, -0.25) is 9.13 Å². The summed E-state index contributed by atoms with van der Waals surface area (Å²) in [6.07, 6.45) is 0. The van der Waals surface area contributed by atoms with Gasteiger partial charge in [0.05, 0.1) is 44.5 Å². The maximum atomic E-state index is 5.35. The molecule has 0 amide bonds. The van der Waals surface area contributed by atoms with Crippen LogP contribution in [0.3, 0.4) is 0 Å². The Kier molecular flexibility index (Phi) is 6.48.